The van der Waals surface area contributed by atoms with Crippen molar-refractivity contribution in [1.29, 1.82) is 0 Å². The van der Waals surface area contributed by atoms with E-state index in [1.165, 1.54) is 75.8 Å². The van der Waals surface area contributed by atoms with Crippen LogP contribution < -0.4 is 5.73 Å². The average Bonchev–Trinajstić information content (AvgIpc) is 3.33. The number of nitrogens with two attached hydrogens (primary N) is 1. The molecule has 3 N–H and O–H groups in total. The molecule has 1 fully saturated rings. The van der Waals surface area contributed by atoms with Gasteiger partial charge in [0.2, 0.25) is 11.0 Å². The van der Waals surface area contributed by atoms with Crippen LogP contribution in [0.5, 0.6) is 0 Å². The second kappa shape index (κ2) is 9.89. The quantitative estimate of drug-likeness (QED) is 0.123. The Kier molecular flexibility index (Phi) is 7.13. The molecule has 1 saturated heterocycles. The molecule has 1 aromatic carbocycles. The van der Waals surface area contributed by atoms with Crippen LogP contribution in [0.25, 0.3) is 0 Å². The zero-order valence-corrected chi connectivity index (χ0v) is 20.2. The lowest BCUT2D eigenvalue weighted by molar-refractivity contribution is -0.384. The van der Waals surface area contributed by atoms with E-state index in [1.54, 1.807) is 6.92 Å². The Labute approximate surface area is 204 Å². The first-order valence-corrected chi connectivity index (χ1v) is 13.1. The predicted molar refractivity (Wildman–Crippen MR) is 126 cm³/mol. The lowest BCUT2D eigenvalue weighted by Gasteiger charge is -2.43. The monoisotopic (exact) mass is 527 g/mol. The minimum Gasteiger partial charge on any atom is -0.456 e. The van der Waals surface area contributed by atoms with Gasteiger partial charge in [0.1, 0.15) is 12.0 Å². The maximum Gasteiger partial charge on any atom is 0.357 e. The Hall–Kier alpha value is -2.33. The molecule has 2 aromatic rings. The van der Waals surface area contributed by atoms with Gasteiger partial charge >= 0.3 is 5.97 Å². The van der Waals surface area contributed by atoms with Crippen LogP contribution in [-0.2, 0) is 20.9 Å². The molecule has 1 aromatic heterocycles. The first kappa shape index (κ1) is 23.8. The van der Waals surface area contributed by atoms with Crippen LogP contribution in [0, 0.1) is 16.0 Å². The SMILES string of the molecule is C[C@@H](O)[C@H]1C(=O)N2C(C(=O)OCc3ccc([N+](=O)[O-])cc3)=C(SCSc3nnc(N)s3)S[C@H]12. The second-order valence-electron chi connectivity index (χ2n) is 6.93. The van der Waals surface area contributed by atoms with Crippen LogP contribution in [-0.4, -0.2) is 53.6 Å². The number of nitrogen functional groups attached to an aromatic ring is 1. The van der Waals surface area contributed by atoms with Crippen molar-refractivity contribution in [3.63, 3.8) is 0 Å². The van der Waals surface area contributed by atoms with E-state index in [4.69, 9.17) is 10.5 Å². The van der Waals surface area contributed by atoms with E-state index in [0.717, 1.165) is 0 Å². The molecule has 0 bridgehead atoms. The summed E-state index contributed by atoms with van der Waals surface area (Å²) in [7, 11) is 0. The lowest BCUT2D eigenvalue weighted by atomic mass is 9.92. The molecule has 2 aliphatic rings. The fourth-order valence-corrected chi connectivity index (χ4v) is 8.26. The number of fused-ring (bicyclic) bond motifs is 1. The zero-order chi connectivity index (χ0) is 23.7. The van der Waals surface area contributed by atoms with Crippen molar-refractivity contribution in [2.45, 2.75) is 29.3 Å². The molecule has 0 radical (unpaired) electrons. The molecule has 174 valence electrons. The number of hydrogen-bond acceptors (Lipinski definition) is 13. The number of β-lactam (4-membered cyclic amide) rings is 1. The van der Waals surface area contributed by atoms with Gasteiger partial charge in [0.15, 0.2) is 10.0 Å². The molecule has 1 amide bonds. The fourth-order valence-electron chi connectivity index (χ4n) is 3.19. The van der Waals surface area contributed by atoms with E-state index >= 15 is 0 Å². The highest BCUT2D eigenvalue weighted by Gasteiger charge is 2.58. The number of nitro groups is 1. The number of nitro benzene ring substituents is 1. The van der Waals surface area contributed by atoms with Crippen LogP contribution in [0.4, 0.5) is 10.8 Å². The van der Waals surface area contributed by atoms with E-state index in [9.17, 15) is 24.8 Å². The predicted octanol–water partition coefficient (Wildman–Crippen LogP) is 2.64. The number of non-ortho nitro benzene ring substituents is 1. The number of carbonyl (C=O) groups is 2. The number of aliphatic hydroxyl groups excluding tert-OH is 1. The molecule has 0 unspecified atom stereocenters. The molecule has 33 heavy (non-hydrogen) atoms. The van der Waals surface area contributed by atoms with Gasteiger partial charge in [-0.2, -0.15) is 0 Å². The normalized spacial score (nSPS) is 20.4. The molecule has 3 heterocycles. The minimum atomic E-state index is -0.841. The standard InChI is InChI=1S/C18H17N5O6S4/c1-8(24)11-13(25)22-12(15(26)29-6-9-2-4-10(5-3-9)23(27)28)16(32-14(11)22)30-7-31-18-21-20-17(19)33-18/h2-5,8,11,14,24H,6-7H2,1H3,(H2,19,20)/t8-,11+,14-/m1/s1. The topological polar surface area (TPSA) is 162 Å². The maximum absolute atomic E-state index is 12.9. The Morgan fingerprint density at radius 1 is 1.36 bits per heavy atom. The van der Waals surface area contributed by atoms with Crippen LogP contribution in [0.1, 0.15) is 12.5 Å². The van der Waals surface area contributed by atoms with Gasteiger partial charge in [-0.25, -0.2) is 4.79 Å². The zero-order valence-electron chi connectivity index (χ0n) is 16.9. The maximum atomic E-state index is 12.9. The van der Waals surface area contributed by atoms with Crippen molar-refractivity contribution >= 4 is 69.3 Å². The van der Waals surface area contributed by atoms with Crippen LogP contribution in [0.2, 0.25) is 0 Å². The summed E-state index contributed by atoms with van der Waals surface area (Å²) < 4.78 is 6.72. The third-order valence-corrected chi connectivity index (χ3v) is 9.44. The van der Waals surface area contributed by atoms with Gasteiger partial charge in [0.05, 0.1) is 26.3 Å². The highest BCUT2D eigenvalue weighted by Crippen LogP contribution is 2.54. The first-order valence-electron chi connectivity index (χ1n) is 9.43. The number of aliphatic hydroxyl groups is 1. The minimum absolute atomic E-state index is 0.0634. The molecule has 15 heteroatoms. The van der Waals surface area contributed by atoms with E-state index in [0.29, 0.717) is 24.4 Å². The largest absolute Gasteiger partial charge is 0.456 e. The number of nitrogens with zero attached hydrogens (tertiary/aromatic N) is 4. The lowest BCUT2D eigenvalue weighted by Crippen LogP contribution is -2.60. The van der Waals surface area contributed by atoms with Gasteiger partial charge in [0, 0.05) is 12.1 Å². The van der Waals surface area contributed by atoms with Gasteiger partial charge < -0.3 is 15.6 Å². The summed E-state index contributed by atoms with van der Waals surface area (Å²) in [4.78, 5) is 37.2. The number of hydrogen-bond donors (Lipinski definition) is 2. The summed E-state index contributed by atoms with van der Waals surface area (Å²) in [6.07, 6.45) is -0.841. The number of aromatic nitrogens is 2. The van der Waals surface area contributed by atoms with Crippen molar-refractivity contribution in [3.05, 3.63) is 49.9 Å². The highest BCUT2D eigenvalue weighted by atomic mass is 32.2. The number of esters is 1. The average molecular weight is 528 g/mol. The summed E-state index contributed by atoms with van der Waals surface area (Å²) in [6, 6.07) is 5.66. The number of amides is 1. The number of ether oxygens (including phenoxy) is 1. The fraction of sp³-hybridized carbons (Fsp3) is 0.333. The van der Waals surface area contributed by atoms with Crippen LogP contribution in [0.3, 0.4) is 0 Å². The van der Waals surface area contributed by atoms with Crippen molar-refractivity contribution < 1.29 is 24.4 Å². The molecule has 0 saturated carbocycles. The molecule has 4 rings (SSSR count). The molecular formula is C18H17N5O6S4. The Bertz CT molecular complexity index is 1120. The van der Waals surface area contributed by atoms with Gasteiger partial charge in [0.25, 0.3) is 5.69 Å². The summed E-state index contributed by atoms with van der Waals surface area (Å²) in [5.41, 5.74) is 6.25. The first-order chi connectivity index (χ1) is 15.8. The van der Waals surface area contributed by atoms with E-state index in [1.807, 2.05) is 0 Å². The van der Waals surface area contributed by atoms with Crippen molar-refractivity contribution in [2.75, 3.05) is 10.8 Å². The van der Waals surface area contributed by atoms with Crippen LogP contribution in [0.15, 0.2) is 38.5 Å². The molecule has 3 atom stereocenters. The number of rotatable bonds is 9. The summed E-state index contributed by atoms with van der Waals surface area (Å²) >= 11 is 5.37. The summed E-state index contributed by atoms with van der Waals surface area (Å²) in [6.45, 7) is 1.45. The molecule has 0 spiro atoms. The number of anilines is 1. The molecule has 2 aliphatic heterocycles. The van der Waals surface area contributed by atoms with E-state index in [2.05, 4.69) is 10.2 Å². The van der Waals surface area contributed by atoms with Gasteiger partial charge in [-0.1, -0.05) is 34.9 Å². The third kappa shape index (κ3) is 4.96. The van der Waals surface area contributed by atoms with E-state index < -0.39 is 22.9 Å². The van der Waals surface area contributed by atoms with Gasteiger partial charge in [-0.15, -0.1) is 22.0 Å². The van der Waals surface area contributed by atoms with Gasteiger partial charge in [-0.05, 0) is 24.6 Å². The van der Waals surface area contributed by atoms with Crippen LogP contribution >= 0.6 is 46.6 Å². The van der Waals surface area contributed by atoms with Crippen molar-refractivity contribution in [2.24, 2.45) is 5.92 Å². The second-order valence-corrected chi connectivity index (χ2v) is 11.9. The number of benzene rings is 1. The molecular weight excluding hydrogens is 510 g/mol. The Morgan fingerprint density at radius 3 is 2.70 bits per heavy atom. The van der Waals surface area contributed by atoms with E-state index in [-0.39, 0.29) is 29.3 Å². The van der Waals surface area contributed by atoms with Crippen molar-refractivity contribution in [1.82, 2.24) is 15.1 Å². The van der Waals surface area contributed by atoms with Gasteiger partial charge in [-0.3, -0.25) is 19.8 Å². The smallest absolute Gasteiger partial charge is 0.357 e. The molecule has 11 nitrogen and oxygen atoms in total. The number of carbonyl (C=O) groups excluding carboxylic acids is 2. The third-order valence-electron chi connectivity index (χ3n) is 4.77. The highest BCUT2D eigenvalue weighted by molar-refractivity contribution is 8.28. The summed E-state index contributed by atoms with van der Waals surface area (Å²) in [5.74, 6) is -1.60. The van der Waals surface area contributed by atoms with Crippen molar-refractivity contribution in [3.8, 4) is 0 Å². The number of thioether (sulfide) groups is 3. The Balaban J connectivity index is 1.46. The molecule has 0 aliphatic carbocycles. The summed E-state index contributed by atoms with van der Waals surface area (Å²) in [5, 5.41) is 28.9. The Morgan fingerprint density at radius 2 is 2.09 bits per heavy atom.